The summed E-state index contributed by atoms with van der Waals surface area (Å²) in [7, 11) is 0. The average Bonchev–Trinajstić information content (AvgIpc) is 3.27. The Morgan fingerprint density at radius 2 is 1.97 bits per heavy atom. The number of nitrogens with zero attached hydrogens (tertiary/aromatic N) is 5. The largest absolute Gasteiger partial charge is 0.310 e. The first-order valence-corrected chi connectivity index (χ1v) is 10.2. The molecule has 0 radical (unpaired) electrons. The topological polar surface area (TPSA) is 110 Å². The Labute approximate surface area is 179 Å². The van der Waals surface area contributed by atoms with Crippen LogP contribution in [0.3, 0.4) is 0 Å². The molecule has 160 valence electrons. The molecule has 9 heteroatoms. The van der Waals surface area contributed by atoms with Gasteiger partial charge in [-0.2, -0.15) is 19.9 Å². The summed E-state index contributed by atoms with van der Waals surface area (Å²) in [5.74, 6) is 0.750. The van der Waals surface area contributed by atoms with E-state index in [9.17, 15) is 9.59 Å². The van der Waals surface area contributed by atoms with Crippen LogP contribution in [0.15, 0.2) is 35.3 Å². The van der Waals surface area contributed by atoms with E-state index in [0.717, 1.165) is 16.8 Å². The average molecular weight is 419 g/mol. The van der Waals surface area contributed by atoms with Crippen molar-refractivity contribution < 1.29 is 4.79 Å². The van der Waals surface area contributed by atoms with E-state index in [0.29, 0.717) is 29.0 Å². The highest BCUT2D eigenvalue weighted by Gasteiger charge is 2.18. The minimum atomic E-state index is -0.329. The molecule has 2 N–H and O–H groups in total. The summed E-state index contributed by atoms with van der Waals surface area (Å²) in [4.78, 5) is 32.5. The van der Waals surface area contributed by atoms with Crippen LogP contribution in [0.4, 0.5) is 5.82 Å². The Morgan fingerprint density at radius 3 is 2.71 bits per heavy atom. The number of carbonyl (C=O) groups excluding carboxylic acids is 1. The van der Waals surface area contributed by atoms with Gasteiger partial charge in [-0.1, -0.05) is 26.0 Å². The lowest BCUT2D eigenvalue weighted by Crippen LogP contribution is -2.19. The number of nitrogens with one attached hydrogen (secondary N) is 2. The molecule has 1 aromatic carbocycles. The number of hydrogen-bond acceptors (Lipinski definition) is 5. The standard InChI is InChI=1S/C22H25N7O2/c1-12(2)9-19(30)24-18-10-14(4)27-29(18)22-25-20-16(21(31)26-22)11-23-28(20)17-8-6-7-13(3)15(17)5/h6-8,10-12H,9H2,1-5H3,(H,24,30)(H,25,26,31). The minimum Gasteiger partial charge on any atom is -0.310 e. The van der Waals surface area contributed by atoms with Gasteiger partial charge in [0.15, 0.2) is 5.65 Å². The van der Waals surface area contributed by atoms with Crippen molar-refractivity contribution in [1.82, 2.24) is 29.5 Å². The zero-order chi connectivity index (χ0) is 22.3. The molecule has 0 saturated heterocycles. The van der Waals surface area contributed by atoms with Gasteiger partial charge in [0.25, 0.3) is 5.56 Å². The molecular weight excluding hydrogens is 394 g/mol. The number of aryl methyl sites for hydroxylation is 2. The first-order chi connectivity index (χ1) is 14.7. The molecule has 0 bridgehead atoms. The molecule has 0 atom stereocenters. The Kier molecular flexibility index (Phi) is 5.18. The maximum absolute atomic E-state index is 12.8. The maximum Gasteiger partial charge on any atom is 0.263 e. The second-order valence-electron chi connectivity index (χ2n) is 8.13. The van der Waals surface area contributed by atoms with E-state index >= 15 is 0 Å². The van der Waals surface area contributed by atoms with Crippen LogP contribution in [0.5, 0.6) is 0 Å². The number of fused-ring (bicyclic) bond motifs is 1. The Hall–Kier alpha value is -3.75. The number of anilines is 1. The van der Waals surface area contributed by atoms with E-state index in [2.05, 4.69) is 25.5 Å². The first kappa shape index (κ1) is 20.5. The van der Waals surface area contributed by atoms with Crippen molar-refractivity contribution in [2.75, 3.05) is 5.32 Å². The zero-order valence-corrected chi connectivity index (χ0v) is 18.2. The fourth-order valence-corrected chi connectivity index (χ4v) is 3.46. The van der Waals surface area contributed by atoms with Crippen LogP contribution in [0.1, 0.15) is 37.1 Å². The van der Waals surface area contributed by atoms with Crippen LogP contribution in [0.2, 0.25) is 0 Å². The lowest BCUT2D eigenvalue weighted by atomic mass is 10.1. The number of H-pyrrole nitrogens is 1. The van der Waals surface area contributed by atoms with Crippen LogP contribution < -0.4 is 10.9 Å². The van der Waals surface area contributed by atoms with Gasteiger partial charge in [0.05, 0.1) is 17.6 Å². The van der Waals surface area contributed by atoms with Crippen LogP contribution in [-0.4, -0.2) is 35.4 Å². The van der Waals surface area contributed by atoms with Crippen molar-refractivity contribution in [1.29, 1.82) is 0 Å². The predicted octanol–water partition coefficient (Wildman–Crippen LogP) is 3.20. The summed E-state index contributed by atoms with van der Waals surface area (Å²) < 4.78 is 3.10. The number of carbonyl (C=O) groups is 1. The van der Waals surface area contributed by atoms with Crippen LogP contribution in [0, 0.1) is 26.7 Å². The summed E-state index contributed by atoms with van der Waals surface area (Å²) in [5, 5.41) is 12.1. The van der Waals surface area contributed by atoms with Gasteiger partial charge in [-0.3, -0.25) is 14.6 Å². The summed E-state index contributed by atoms with van der Waals surface area (Å²) in [6.07, 6.45) is 1.89. The Balaban J connectivity index is 1.85. The molecule has 3 aromatic heterocycles. The van der Waals surface area contributed by atoms with Crippen LogP contribution >= 0.6 is 0 Å². The third-order valence-corrected chi connectivity index (χ3v) is 5.12. The Morgan fingerprint density at radius 1 is 1.19 bits per heavy atom. The minimum absolute atomic E-state index is 0.125. The normalized spacial score (nSPS) is 11.4. The highest BCUT2D eigenvalue weighted by molar-refractivity contribution is 5.90. The molecule has 1 amide bonds. The molecule has 4 aromatic rings. The van der Waals surface area contributed by atoms with E-state index in [4.69, 9.17) is 0 Å². The highest BCUT2D eigenvalue weighted by Crippen LogP contribution is 2.21. The quantitative estimate of drug-likeness (QED) is 0.516. The lowest BCUT2D eigenvalue weighted by molar-refractivity contribution is -0.116. The predicted molar refractivity (Wildman–Crippen MR) is 119 cm³/mol. The molecule has 0 unspecified atom stereocenters. The van der Waals surface area contributed by atoms with E-state index in [1.165, 1.54) is 10.9 Å². The van der Waals surface area contributed by atoms with Crippen molar-refractivity contribution >= 4 is 22.8 Å². The molecule has 4 rings (SSSR count). The molecule has 31 heavy (non-hydrogen) atoms. The van der Waals surface area contributed by atoms with Crippen molar-refractivity contribution in [2.45, 2.75) is 41.0 Å². The molecule has 0 aliphatic heterocycles. The SMILES string of the molecule is Cc1cc(NC(=O)CC(C)C)n(-c2nc3c(cnn3-c3cccc(C)c3C)c(=O)[nH]2)n1. The second kappa shape index (κ2) is 7.82. The molecule has 0 saturated carbocycles. The summed E-state index contributed by atoms with van der Waals surface area (Å²) >= 11 is 0. The van der Waals surface area contributed by atoms with Crippen LogP contribution in [-0.2, 0) is 4.79 Å². The zero-order valence-electron chi connectivity index (χ0n) is 18.2. The van der Waals surface area contributed by atoms with E-state index in [1.807, 2.05) is 52.8 Å². The number of aromatic nitrogens is 6. The number of benzene rings is 1. The smallest absolute Gasteiger partial charge is 0.263 e. The van der Waals surface area contributed by atoms with Gasteiger partial charge < -0.3 is 5.32 Å². The summed E-state index contributed by atoms with van der Waals surface area (Å²) in [6, 6.07) is 7.64. The first-order valence-electron chi connectivity index (χ1n) is 10.2. The molecule has 0 fully saturated rings. The third kappa shape index (κ3) is 3.86. The number of rotatable bonds is 5. The van der Waals surface area contributed by atoms with Crippen LogP contribution in [0.25, 0.3) is 22.7 Å². The van der Waals surface area contributed by atoms with E-state index in [1.54, 1.807) is 10.7 Å². The highest BCUT2D eigenvalue weighted by atomic mass is 16.1. The maximum atomic E-state index is 12.8. The van der Waals surface area contributed by atoms with Gasteiger partial charge in [-0.25, -0.2) is 4.68 Å². The summed E-state index contributed by atoms with van der Waals surface area (Å²) in [6.45, 7) is 9.79. The fraction of sp³-hybridized carbons (Fsp3) is 0.318. The van der Waals surface area contributed by atoms with Gasteiger partial charge in [0.1, 0.15) is 11.2 Å². The van der Waals surface area contributed by atoms with Gasteiger partial charge in [0, 0.05) is 12.5 Å². The van der Waals surface area contributed by atoms with Gasteiger partial charge in [-0.05, 0) is 43.9 Å². The van der Waals surface area contributed by atoms with Gasteiger partial charge in [0.2, 0.25) is 11.9 Å². The number of amides is 1. The summed E-state index contributed by atoms with van der Waals surface area (Å²) in [5.41, 5.74) is 3.78. The molecule has 0 aliphatic rings. The monoisotopic (exact) mass is 419 g/mol. The second-order valence-corrected chi connectivity index (χ2v) is 8.13. The molecule has 3 heterocycles. The van der Waals surface area contributed by atoms with Crippen molar-refractivity contribution in [2.24, 2.45) is 5.92 Å². The third-order valence-electron chi connectivity index (χ3n) is 5.12. The number of aromatic amines is 1. The molecule has 0 aliphatic carbocycles. The van der Waals surface area contributed by atoms with Crippen molar-refractivity contribution in [3.05, 3.63) is 57.6 Å². The molecule has 0 spiro atoms. The Bertz CT molecular complexity index is 1340. The van der Waals surface area contributed by atoms with Gasteiger partial charge in [-0.15, -0.1) is 0 Å². The lowest BCUT2D eigenvalue weighted by Gasteiger charge is -2.11. The number of hydrogen-bond donors (Lipinski definition) is 2. The molecular formula is C22H25N7O2. The van der Waals surface area contributed by atoms with Gasteiger partial charge >= 0.3 is 0 Å². The van der Waals surface area contributed by atoms with E-state index in [-0.39, 0.29) is 23.3 Å². The fourth-order valence-electron chi connectivity index (χ4n) is 3.46. The van der Waals surface area contributed by atoms with Crippen molar-refractivity contribution in [3.63, 3.8) is 0 Å². The van der Waals surface area contributed by atoms with E-state index < -0.39 is 0 Å². The molecule has 9 nitrogen and oxygen atoms in total. The van der Waals surface area contributed by atoms with Crippen molar-refractivity contribution in [3.8, 4) is 11.6 Å².